The summed E-state index contributed by atoms with van der Waals surface area (Å²) in [7, 11) is -3.50. The van der Waals surface area contributed by atoms with Crippen LogP contribution in [0.25, 0.3) is 11.3 Å². The van der Waals surface area contributed by atoms with Crippen molar-refractivity contribution in [2.24, 2.45) is 0 Å². The largest absolute Gasteiger partial charge is 0.490 e. The number of hydrogen-bond donors (Lipinski definition) is 1. The van der Waals surface area contributed by atoms with Crippen LogP contribution >= 0.6 is 0 Å². The summed E-state index contributed by atoms with van der Waals surface area (Å²) in [4.78, 5) is 12.7. The highest BCUT2D eigenvalue weighted by Crippen LogP contribution is 2.33. The van der Waals surface area contributed by atoms with Gasteiger partial charge in [0.2, 0.25) is 10.0 Å². The number of aromatic nitrogens is 1. The molecule has 3 heterocycles. The fourth-order valence-electron chi connectivity index (χ4n) is 4.24. The van der Waals surface area contributed by atoms with Crippen LogP contribution in [0, 0.1) is 0 Å². The lowest BCUT2D eigenvalue weighted by Crippen LogP contribution is -2.28. The molecule has 3 aromatic rings. The second-order valence-corrected chi connectivity index (χ2v) is 10.4. The summed E-state index contributed by atoms with van der Waals surface area (Å²) in [5.74, 6) is 1.21. The maximum atomic E-state index is 12.6. The average molecular weight is 468 g/mol. The van der Waals surface area contributed by atoms with Crippen molar-refractivity contribution in [2.75, 3.05) is 13.1 Å². The molecule has 33 heavy (non-hydrogen) atoms. The molecule has 0 saturated carbocycles. The van der Waals surface area contributed by atoms with Crippen molar-refractivity contribution in [2.45, 2.75) is 43.7 Å². The maximum Gasteiger partial charge on any atom is 0.251 e. The van der Waals surface area contributed by atoms with E-state index in [1.807, 2.05) is 25.1 Å². The summed E-state index contributed by atoms with van der Waals surface area (Å²) in [6.07, 6.45) is 2.79. The Morgan fingerprint density at radius 3 is 2.64 bits per heavy atom. The Labute approximate surface area is 192 Å². The van der Waals surface area contributed by atoms with E-state index in [2.05, 4.69) is 10.5 Å². The first-order chi connectivity index (χ1) is 15.9. The smallest absolute Gasteiger partial charge is 0.251 e. The first kappa shape index (κ1) is 21.7. The van der Waals surface area contributed by atoms with Crippen molar-refractivity contribution in [3.05, 3.63) is 65.4 Å². The Bertz CT molecular complexity index is 1280. The van der Waals surface area contributed by atoms with Gasteiger partial charge in [-0.1, -0.05) is 5.16 Å². The number of carbonyl (C=O) groups is 1. The zero-order valence-electron chi connectivity index (χ0n) is 18.3. The predicted octanol–water partition coefficient (Wildman–Crippen LogP) is 3.38. The van der Waals surface area contributed by atoms with Crippen LogP contribution in [0.1, 0.15) is 41.4 Å². The first-order valence-electron chi connectivity index (χ1n) is 11.0. The lowest BCUT2D eigenvalue weighted by Gasteiger charge is -2.15. The van der Waals surface area contributed by atoms with E-state index in [1.165, 1.54) is 28.6 Å². The zero-order chi connectivity index (χ0) is 23.0. The van der Waals surface area contributed by atoms with Crippen LogP contribution in [0.5, 0.6) is 5.75 Å². The van der Waals surface area contributed by atoms with Crippen molar-refractivity contribution in [3.63, 3.8) is 0 Å². The Morgan fingerprint density at radius 1 is 1.12 bits per heavy atom. The summed E-state index contributed by atoms with van der Waals surface area (Å²) in [6, 6.07) is 13.7. The van der Waals surface area contributed by atoms with E-state index in [4.69, 9.17) is 9.26 Å². The van der Waals surface area contributed by atoms with Gasteiger partial charge in [0.05, 0.1) is 11.4 Å². The highest BCUT2D eigenvalue weighted by atomic mass is 32.2. The summed E-state index contributed by atoms with van der Waals surface area (Å²) in [6.45, 7) is 3.32. The molecule has 1 amide bonds. The van der Waals surface area contributed by atoms with E-state index in [0.717, 1.165) is 36.1 Å². The molecule has 2 aliphatic rings. The fourth-order valence-corrected chi connectivity index (χ4v) is 5.75. The molecule has 1 unspecified atom stereocenters. The SMILES string of the molecule is CC1Cc2cc(-c3cc(CNC(=O)c4ccc(S(=O)(=O)N5CCCC5)cc4)no3)ccc2O1. The van der Waals surface area contributed by atoms with Crippen LogP contribution in [0.4, 0.5) is 0 Å². The highest BCUT2D eigenvalue weighted by molar-refractivity contribution is 7.89. The molecule has 1 fully saturated rings. The molecular weight excluding hydrogens is 442 g/mol. The van der Waals surface area contributed by atoms with Crippen LogP contribution < -0.4 is 10.1 Å². The van der Waals surface area contributed by atoms with E-state index in [9.17, 15) is 13.2 Å². The van der Waals surface area contributed by atoms with Gasteiger partial charge < -0.3 is 14.6 Å². The van der Waals surface area contributed by atoms with Gasteiger partial charge in [-0.15, -0.1) is 0 Å². The Kier molecular flexibility index (Phi) is 5.67. The minimum atomic E-state index is -3.50. The van der Waals surface area contributed by atoms with Crippen LogP contribution in [-0.4, -0.2) is 43.0 Å². The molecule has 172 valence electrons. The van der Waals surface area contributed by atoms with Gasteiger partial charge in [0.15, 0.2) is 5.76 Å². The number of ether oxygens (including phenoxy) is 1. The molecule has 5 rings (SSSR count). The maximum absolute atomic E-state index is 12.6. The van der Waals surface area contributed by atoms with E-state index in [0.29, 0.717) is 30.1 Å². The third kappa shape index (κ3) is 4.38. The van der Waals surface area contributed by atoms with Crippen molar-refractivity contribution < 1.29 is 22.5 Å². The van der Waals surface area contributed by atoms with Gasteiger partial charge in [-0.25, -0.2) is 8.42 Å². The minimum absolute atomic E-state index is 0.171. The third-order valence-electron chi connectivity index (χ3n) is 5.99. The third-order valence-corrected chi connectivity index (χ3v) is 7.90. The highest BCUT2D eigenvalue weighted by Gasteiger charge is 2.27. The molecule has 1 N–H and O–H groups in total. The molecular formula is C24H25N3O5S. The molecule has 2 aromatic carbocycles. The molecule has 0 radical (unpaired) electrons. The topological polar surface area (TPSA) is 102 Å². The molecule has 1 saturated heterocycles. The second kappa shape index (κ2) is 8.64. The first-order valence-corrected chi connectivity index (χ1v) is 12.5. The number of sulfonamides is 1. The molecule has 0 aliphatic carbocycles. The van der Waals surface area contributed by atoms with Gasteiger partial charge in [0, 0.05) is 36.7 Å². The van der Waals surface area contributed by atoms with Crippen LogP contribution in [0.3, 0.4) is 0 Å². The van der Waals surface area contributed by atoms with Crippen molar-refractivity contribution in [1.29, 1.82) is 0 Å². The molecule has 9 heteroatoms. The standard InChI is InChI=1S/C24H25N3O5S/c1-16-12-19-13-18(6-9-22(19)31-16)23-14-20(26-32-23)15-25-24(28)17-4-7-21(8-5-17)33(29,30)27-10-2-3-11-27/h4-9,13-14,16H,2-3,10-12,15H2,1H3,(H,25,28). The Morgan fingerprint density at radius 2 is 1.88 bits per heavy atom. The summed E-state index contributed by atoms with van der Waals surface area (Å²) in [5, 5.41) is 6.85. The van der Waals surface area contributed by atoms with Crippen molar-refractivity contribution in [3.8, 4) is 17.1 Å². The van der Waals surface area contributed by atoms with Gasteiger partial charge in [0.25, 0.3) is 5.91 Å². The van der Waals surface area contributed by atoms with Crippen LogP contribution in [0.15, 0.2) is 57.9 Å². The number of hydrogen-bond acceptors (Lipinski definition) is 6. The summed E-state index contributed by atoms with van der Waals surface area (Å²) >= 11 is 0. The number of amides is 1. The number of nitrogens with one attached hydrogen (secondary N) is 1. The van der Waals surface area contributed by atoms with Gasteiger partial charge >= 0.3 is 0 Å². The number of fused-ring (bicyclic) bond motifs is 1. The Hall–Kier alpha value is -3.17. The number of nitrogens with zero attached hydrogens (tertiary/aromatic N) is 2. The summed E-state index contributed by atoms with van der Waals surface area (Å²) in [5.41, 5.74) is 3.02. The second-order valence-electron chi connectivity index (χ2n) is 8.46. The lowest BCUT2D eigenvalue weighted by atomic mass is 10.1. The number of carbonyl (C=O) groups excluding carboxylic acids is 1. The van der Waals surface area contributed by atoms with E-state index in [-0.39, 0.29) is 23.5 Å². The monoisotopic (exact) mass is 467 g/mol. The molecule has 1 aromatic heterocycles. The van der Waals surface area contributed by atoms with Gasteiger partial charge in [0.1, 0.15) is 17.5 Å². The quantitative estimate of drug-likeness (QED) is 0.596. The van der Waals surface area contributed by atoms with E-state index >= 15 is 0 Å². The van der Waals surface area contributed by atoms with Crippen molar-refractivity contribution in [1.82, 2.24) is 14.8 Å². The zero-order valence-corrected chi connectivity index (χ0v) is 19.1. The van der Waals surface area contributed by atoms with Crippen LogP contribution in [0.2, 0.25) is 0 Å². The normalized spacial score (nSPS) is 18.2. The van der Waals surface area contributed by atoms with Crippen molar-refractivity contribution >= 4 is 15.9 Å². The molecule has 8 nitrogen and oxygen atoms in total. The summed E-state index contributed by atoms with van der Waals surface area (Å²) < 4.78 is 37.9. The predicted molar refractivity (Wildman–Crippen MR) is 121 cm³/mol. The molecule has 1 atom stereocenters. The lowest BCUT2D eigenvalue weighted by molar-refractivity contribution is 0.0950. The van der Waals surface area contributed by atoms with Gasteiger partial charge in [-0.2, -0.15) is 4.31 Å². The van der Waals surface area contributed by atoms with Gasteiger partial charge in [-0.05, 0) is 67.8 Å². The van der Waals surface area contributed by atoms with E-state index in [1.54, 1.807) is 6.07 Å². The molecule has 0 bridgehead atoms. The minimum Gasteiger partial charge on any atom is -0.490 e. The number of rotatable bonds is 6. The molecule has 2 aliphatic heterocycles. The number of benzene rings is 2. The molecule has 0 spiro atoms. The van der Waals surface area contributed by atoms with Gasteiger partial charge in [-0.3, -0.25) is 4.79 Å². The Balaban J connectivity index is 1.21. The average Bonchev–Trinajstić information content (AvgIpc) is 3.57. The fraction of sp³-hybridized carbons (Fsp3) is 0.333. The van der Waals surface area contributed by atoms with E-state index < -0.39 is 10.0 Å². The van der Waals surface area contributed by atoms with Crippen LogP contribution in [-0.2, 0) is 23.0 Å².